The summed E-state index contributed by atoms with van der Waals surface area (Å²) in [5, 5.41) is 3.82. The van der Waals surface area contributed by atoms with Crippen molar-refractivity contribution in [2.45, 2.75) is 51.9 Å². The topological polar surface area (TPSA) is 157 Å². The van der Waals surface area contributed by atoms with Gasteiger partial charge in [-0.25, -0.2) is 19.9 Å². The van der Waals surface area contributed by atoms with Gasteiger partial charge in [-0.15, -0.1) is 0 Å². The normalized spacial score (nSPS) is 22.4. The van der Waals surface area contributed by atoms with E-state index in [2.05, 4.69) is 57.1 Å². The molecule has 0 spiro atoms. The summed E-state index contributed by atoms with van der Waals surface area (Å²) in [6.07, 6.45) is 15.6. The number of piperazine rings is 1. The maximum atomic E-state index is 11.7. The van der Waals surface area contributed by atoms with Gasteiger partial charge in [0.25, 0.3) is 22.3 Å². The van der Waals surface area contributed by atoms with Crippen LogP contribution >= 0.6 is 23.5 Å². The molecule has 51 heavy (non-hydrogen) atoms. The number of hydrogen-bond acceptors (Lipinski definition) is 14. The number of piperidine rings is 2. The van der Waals surface area contributed by atoms with Crippen molar-refractivity contribution in [3.05, 3.63) is 45.7 Å². The van der Waals surface area contributed by atoms with Gasteiger partial charge in [-0.3, -0.25) is 34.7 Å². The van der Waals surface area contributed by atoms with Crippen LogP contribution in [0.5, 0.6) is 0 Å². The standard InChI is InChI=1S/C19H26N6O2S.C16H20N4O2S/c26-17-16(28-19(27)22-17)14-15-4-5-20-18(21-15)25-12-10-24(11-13-25)9-8-23-6-2-1-3-7-23;1-2-3-11-5-8-20(9-6-11)15-17-7-4-12(18-15)10-13-14(21)19-16(22)23-13/h4-5,14H,1-3,6-13H2,(H,22,26,27);4,7,10-11H,2-3,5-6,8-9H2,1H3,(H,19,21,22)/b16-14-;13-10-. The van der Waals surface area contributed by atoms with Crippen LogP contribution in [-0.2, 0) is 9.59 Å². The van der Waals surface area contributed by atoms with Crippen LogP contribution in [0.3, 0.4) is 0 Å². The van der Waals surface area contributed by atoms with Crippen molar-refractivity contribution in [2.24, 2.45) is 5.92 Å². The lowest BCUT2D eigenvalue weighted by Gasteiger charge is -2.36. The minimum atomic E-state index is -0.363. The number of hydrogen-bond donors (Lipinski definition) is 2. The quantitative estimate of drug-likeness (QED) is 0.353. The van der Waals surface area contributed by atoms with Crippen molar-refractivity contribution in [2.75, 3.05) is 75.2 Å². The zero-order valence-corrected chi connectivity index (χ0v) is 30.7. The molecule has 5 aliphatic heterocycles. The zero-order valence-electron chi connectivity index (χ0n) is 29.1. The molecule has 0 saturated carbocycles. The molecule has 0 aromatic carbocycles. The number of amides is 4. The monoisotopic (exact) mass is 734 g/mol. The molecule has 0 bridgehead atoms. The molecule has 7 rings (SSSR count). The molecule has 2 aromatic rings. The number of carbonyl (C=O) groups excluding carboxylic acids is 4. The number of aromatic nitrogens is 4. The average Bonchev–Trinajstić information content (AvgIpc) is 3.65. The summed E-state index contributed by atoms with van der Waals surface area (Å²) in [6, 6.07) is 3.50. The highest BCUT2D eigenvalue weighted by atomic mass is 32.2. The van der Waals surface area contributed by atoms with Gasteiger partial charge in [0.05, 0.1) is 21.2 Å². The Hall–Kier alpha value is -3.86. The van der Waals surface area contributed by atoms with Crippen molar-refractivity contribution >= 4 is 69.9 Å². The molecule has 5 saturated heterocycles. The third-order valence-electron chi connectivity index (χ3n) is 9.60. The van der Waals surface area contributed by atoms with Gasteiger partial charge in [0, 0.05) is 64.8 Å². The Morgan fingerprint density at radius 1 is 0.686 bits per heavy atom. The first-order valence-corrected chi connectivity index (χ1v) is 19.6. The maximum Gasteiger partial charge on any atom is 0.290 e. The largest absolute Gasteiger partial charge is 0.341 e. The van der Waals surface area contributed by atoms with Crippen molar-refractivity contribution in [1.29, 1.82) is 0 Å². The summed E-state index contributed by atoms with van der Waals surface area (Å²) in [5.74, 6) is 1.47. The minimum absolute atomic E-state index is 0.339. The molecule has 2 aromatic heterocycles. The van der Waals surface area contributed by atoms with Crippen LogP contribution in [0.2, 0.25) is 0 Å². The lowest BCUT2D eigenvalue weighted by molar-refractivity contribution is -0.116. The minimum Gasteiger partial charge on any atom is -0.341 e. The highest BCUT2D eigenvalue weighted by Gasteiger charge is 2.27. The molecule has 0 aliphatic carbocycles. The Labute approximate surface area is 307 Å². The fourth-order valence-corrected chi connectivity index (χ4v) is 8.10. The highest BCUT2D eigenvalue weighted by molar-refractivity contribution is 8.18. The van der Waals surface area contributed by atoms with Gasteiger partial charge in [0.15, 0.2) is 0 Å². The molecule has 272 valence electrons. The predicted molar refractivity (Wildman–Crippen MR) is 201 cm³/mol. The lowest BCUT2D eigenvalue weighted by atomic mass is 9.93. The summed E-state index contributed by atoms with van der Waals surface area (Å²) >= 11 is 1.81. The van der Waals surface area contributed by atoms with Crippen LogP contribution < -0.4 is 20.4 Å². The SMILES string of the molecule is CCCC1CCN(c2nccc(/C=C3\SC(=O)NC3=O)n2)CC1.O=C1NC(=O)/C(=C/c2ccnc(N3CCN(CCN4CCCCC4)CC3)n2)S1. The van der Waals surface area contributed by atoms with E-state index in [1.807, 2.05) is 0 Å². The van der Waals surface area contributed by atoms with Crippen LogP contribution in [0.1, 0.15) is 63.3 Å². The number of carbonyl (C=O) groups is 4. The van der Waals surface area contributed by atoms with E-state index in [4.69, 9.17) is 0 Å². The highest BCUT2D eigenvalue weighted by Crippen LogP contribution is 2.28. The first-order chi connectivity index (χ1) is 24.8. The van der Waals surface area contributed by atoms with E-state index >= 15 is 0 Å². The summed E-state index contributed by atoms with van der Waals surface area (Å²) in [5.41, 5.74) is 1.29. The van der Waals surface area contributed by atoms with Gasteiger partial charge >= 0.3 is 0 Å². The molecule has 7 heterocycles. The third-order valence-corrected chi connectivity index (χ3v) is 11.2. The third kappa shape index (κ3) is 10.6. The van der Waals surface area contributed by atoms with Gasteiger partial charge in [-0.1, -0.05) is 26.2 Å². The molecule has 14 nitrogen and oxygen atoms in total. The van der Waals surface area contributed by atoms with E-state index in [0.717, 1.165) is 81.8 Å². The molecule has 0 unspecified atom stereocenters. The van der Waals surface area contributed by atoms with E-state index < -0.39 is 0 Å². The molecule has 5 fully saturated rings. The second-order valence-electron chi connectivity index (χ2n) is 13.2. The van der Waals surface area contributed by atoms with Gasteiger partial charge in [-0.05, 0) is 92.5 Å². The Bertz CT molecular complexity index is 1630. The number of thioether (sulfide) groups is 2. The molecule has 2 N–H and O–H groups in total. The molecule has 5 aliphatic rings. The van der Waals surface area contributed by atoms with Crippen LogP contribution in [0, 0.1) is 5.92 Å². The summed E-state index contributed by atoms with van der Waals surface area (Å²) < 4.78 is 0. The second kappa shape index (κ2) is 18.1. The molecule has 16 heteroatoms. The van der Waals surface area contributed by atoms with Gasteiger partial charge in [-0.2, -0.15) is 0 Å². The van der Waals surface area contributed by atoms with Crippen LogP contribution in [-0.4, -0.2) is 117 Å². The van der Waals surface area contributed by atoms with E-state index in [1.165, 1.54) is 58.0 Å². The fraction of sp³-hybridized carbons (Fsp3) is 0.543. The van der Waals surface area contributed by atoms with Crippen molar-refractivity contribution in [3.8, 4) is 0 Å². The Morgan fingerprint density at radius 2 is 1.18 bits per heavy atom. The van der Waals surface area contributed by atoms with Crippen molar-refractivity contribution < 1.29 is 19.2 Å². The predicted octanol–water partition coefficient (Wildman–Crippen LogP) is 4.23. The van der Waals surface area contributed by atoms with E-state index in [9.17, 15) is 19.2 Å². The number of rotatable bonds is 9. The molecular weight excluding hydrogens is 689 g/mol. The van der Waals surface area contributed by atoms with Gasteiger partial charge in [0.1, 0.15) is 0 Å². The smallest absolute Gasteiger partial charge is 0.290 e. The summed E-state index contributed by atoms with van der Waals surface area (Å²) in [4.78, 5) is 73.9. The Morgan fingerprint density at radius 3 is 1.65 bits per heavy atom. The number of likely N-dealkylation sites (tertiary alicyclic amines) is 1. The first-order valence-electron chi connectivity index (χ1n) is 17.9. The summed E-state index contributed by atoms with van der Waals surface area (Å²) in [7, 11) is 0. The van der Waals surface area contributed by atoms with E-state index in [-0.39, 0.29) is 22.3 Å². The number of nitrogens with one attached hydrogen (secondary N) is 2. The summed E-state index contributed by atoms with van der Waals surface area (Å²) in [6.45, 7) is 12.8. The maximum absolute atomic E-state index is 11.7. The second-order valence-corrected chi connectivity index (χ2v) is 15.2. The first kappa shape index (κ1) is 36.9. The van der Waals surface area contributed by atoms with Gasteiger partial charge < -0.3 is 14.7 Å². The number of anilines is 2. The molecule has 4 amide bonds. The molecular formula is C35H46N10O4S2. The number of nitrogens with zero attached hydrogens (tertiary/aromatic N) is 8. The van der Waals surface area contributed by atoms with Crippen LogP contribution in [0.25, 0.3) is 12.2 Å². The lowest BCUT2D eigenvalue weighted by Crippen LogP contribution is -2.49. The van der Waals surface area contributed by atoms with Crippen LogP contribution in [0.15, 0.2) is 34.3 Å². The van der Waals surface area contributed by atoms with E-state index in [1.54, 1.807) is 36.7 Å². The fourth-order valence-electron chi connectivity index (χ4n) is 6.77. The van der Waals surface area contributed by atoms with Crippen molar-refractivity contribution in [3.63, 3.8) is 0 Å². The Kier molecular flexibility index (Phi) is 13.1. The molecule has 0 radical (unpaired) electrons. The molecule has 0 atom stereocenters. The Balaban J connectivity index is 0.000000179. The number of imide groups is 2. The van der Waals surface area contributed by atoms with Crippen LogP contribution in [0.4, 0.5) is 21.5 Å². The van der Waals surface area contributed by atoms with Crippen molar-refractivity contribution in [1.82, 2.24) is 40.4 Å². The van der Waals surface area contributed by atoms with E-state index in [0.29, 0.717) is 33.1 Å². The zero-order chi connectivity index (χ0) is 35.6. The average molecular weight is 735 g/mol. The van der Waals surface area contributed by atoms with Gasteiger partial charge in [0.2, 0.25) is 11.9 Å².